The summed E-state index contributed by atoms with van der Waals surface area (Å²) in [5, 5.41) is 10.7. The molecule has 88 valence electrons. The van der Waals surface area contributed by atoms with Crippen molar-refractivity contribution in [3.63, 3.8) is 0 Å². The summed E-state index contributed by atoms with van der Waals surface area (Å²) >= 11 is 3.14. The summed E-state index contributed by atoms with van der Waals surface area (Å²) in [6, 6.07) is 5.00. The van der Waals surface area contributed by atoms with Crippen molar-refractivity contribution in [1.82, 2.24) is 0 Å². The standard InChI is InChI=1S/C11H14BrNO3/c1-11(2,3)16-7-8-4-5-9(12)10(6-8)13(14)15/h4-6H,7H2,1-3H3. The average Bonchev–Trinajstić information content (AvgIpc) is 2.14. The van der Waals surface area contributed by atoms with E-state index in [9.17, 15) is 10.1 Å². The van der Waals surface area contributed by atoms with Gasteiger partial charge in [-0.2, -0.15) is 0 Å². The van der Waals surface area contributed by atoms with Gasteiger partial charge in [0, 0.05) is 6.07 Å². The van der Waals surface area contributed by atoms with Gasteiger partial charge >= 0.3 is 0 Å². The minimum atomic E-state index is -0.412. The summed E-state index contributed by atoms with van der Waals surface area (Å²) in [6.07, 6.45) is 0. The van der Waals surface area contributed by atoms with E-state index in [1.165, 1.54) is 6.07 Å². The van der Waals surface area contributed by atoms with E-state index < -0.39 is 4.92 Å². The van der Waals surface area contributed by atoms with E-state index in [0.29, 0.717) is 11.1 Å². The molecule has 0 bridgehead atoms. The van der Waals surface area contributed by atoms with Crippen LogP contribution in [0.4, 0.5) is 5.69 Å². The van der Waals surface area contributed by atoms with Crippen LogP contribution in [0.1, 0.15) is 26.3 Å². The fourth-order valence-electron chi connectivity index (χ4n) is 1.09. The van der Waals surface area contributed by atoms with E-state index in [4.69, 9.17) is 4.74 Å². The van der Waals surface area contributed by atoms with Crippen LogP contribution in [0.5, 0.6) is 0 Å². The predicted octanol–water partition coefficient (Wildman–Crippen LogP) is 3.67. The monoisotopic (exact) mass is 287 g/mol. The van der Waals surface area contributed by atoms with Gasteiger partial charge < -0.3 is 4.74 Å². The quantitative estimate of drug-likeness (QED) is 0.630. The number of hydrogen-bond donors (Lipinski definition) is 0. The van der Waals surface area contributed by atoms with Crippen LogP contribution < -0.4 is 0 Å². The smallest absolute Gasteiger partial charge is 0.283 e. The highest BCUT2D eigenvalue weighted by molar-refractivity contribution is 9.10. The van der Waals surface area contributed by atoms with Gasteiger partial charge in [0.15, 0.2) is 0 Å². The fraction of sp³-hybridized carbons (Fsp3) is 0.455. The average molecular weight is 288 g/mol. The zero-order valence-corrected chi connectivity index (χ0v) is 11.1. The van der Waals surface area contributed by atoms with Crippen LogP contribution in [0.25, 0.3) is 0 Å². The van der Waals surface area contributed by atoms with Crippen molar-refractivity contribution < 1.29 is 9.66 Å². The Morgan fingerprint density at radius 1 is 1.44 bits per heavy atom. The molecule has 0 aliphatic rings. The maximum Gasteiger partial charge on any atom is 0.283 e. The van der Waals surface area contributed by atoms with Gasteiger partial charge in [-0.1, -0.05) is 6.07 Å². The molecule has 0 N–H and O–H groups in total. The van der Waals surface area contributed by atoms with Gasteiger partial charge in [-0.3, -0.25) is 10.1 Å². The number of rotatable bonds is 3. The highest BCUT2D eigenvalue weighted by Crippen LogP contribution is 2.26. The van der Waals surface area contributed by atoms with Gasteiger partial charge in [-0.15, -0.1) is 0 Å². The van der Waals surface area contributed by atoms with E-state index in [1.54, 1.807) is 6.07 Å². The van der Waals surface area contributed by atoms with Crippen LogP contribution in [-0.2, 0) is 11.3 Å². The van der Waals surface area contributed by atoms with E-state index in [2.05, 4.69) is 15.9 Å². The summed E-state index contributed by atoms with van der Waals surface area (Å²) in [5.74, 6) is 0. The minimum Gasteiger partial charge on any atom is -0.371 e. The van der Waals surface area contributed by atoms with Crippen LogP contribution in [0.15, 0.2) is 22.7 Å². The third-order valence-corrected chi connectivity index (χ3v) is 2.55. The Morgan fingerprint density at radius 3 is 2.56 bits per heavy atom. The minimum absolute atomic E-state index is 0.0648. The normalized spacial score (nSPS) is 11.5. The lowest BCUT2D eigenvalue weighted by molar-refractivity contribution is -0.385. The predicted molar refractivity (Wildman–Crippen MR) is 65.3 cm³/mol. The molecule has 1 rings (SSSR count). The van der Waals surface area contributed by atoms with Crippen molar-refractivity contribution in [1.29, 1.82) is 0 Å². The molecule has 0 saturated carbocycles. The largest absolute Gasteiger partial charge is 0.371 e. The Kier molecular flexibility index (Phi) is 4.04. The second-order valence-corrected chi connectivity index (χ2v) is 5.30. The van der Waals surface area contributed by atoms with E-state index in [1.807, 2.05) is 26.8 Å². The molecular weight excluding hydrogens is 274 g/mol. The molecule has 0 aromatic heterocycles. The lowest BCUT2D eigenvalue weighted by Gasteiger charge is -2.19. The third-order valence-electron chi connectivity index (χ3n) is 1.88. The molecular formula is C11H14BrNO3. The van der Waals surface area contributed by atoms with Crippen molar-refractivity contribution in [3.05, 3.63) is 38.3 Å². The number of nitro benzene ring substituents is 1. The zero-order chi connectivity index (χ0) is 12.3. The first-order valence-electron chi connectivity index (χ1n) is 4.86. The molecule has 0 aliphatic heterocycles. The molecule has 0 fully saturated rings. The van der Waals surface area contributed by atoms with Crippen LogP contribution in [0.2, 0.25) is 0 Å². The molecule has 0 aliphatic carbocycles. The summed E-state index contributed by atoms with van der Waals surface area (Å²) < 4.78 is 6.04. The lowest BCUT2D eigenvalue weighted by Crippen LogP contribution is -2.18. The molecule has 0 amide bonds. The topological polar surface area (TPSA) is 52.4 Å². The SMILES string of the molecule is CC(C)(C)OCc1ccc(Br)c([N+](=O)[O-])c1. The number of benzene rings is 1. The maximum absolute atomic E-state index is 10.7. The molecule has 1 aromatic carbocycles. The Labute approximate surface area is 103 Å². The van der Waals surface area contributed by atoms with Gasteiger partial charge in [-0.05, 0) is 48.3 Å². The third kappa shape index (κ3) is 3.90. The first-order valence-corrected chi connectivity index (χ1v) is 5.66. The molecule has 0 saturated heterocycles. The fourth-order valence-corrected chi connectivity index (χ4v) is 1.48. The molecule has 5 heteroatoms. The second kappa shape index (κ2) is 4.93. The second-order valence-electron chi connectivity index (χ2n) is 4.44. The molecule has 0 unspecified atom stereocenters. The summed E-state index contributed by atoms with van der Waals surface area (Å²) in [6.45, 7) is 6.21. The van der Waals surface area contributed by atoms with Crippen LogP contribution in [0, 0.1) is 10.1 Å². The number of nitrogens with zero attached hydrogens (tertiary/aromatic N) is 1. The maximum atomic E-state index is 10.7. The Bertz CT molecular complexity index is 399. The molecule has 0 spiro atoms. The first kappa shape index (κ1) is 13.1. The lowest BCUT2D eigenvalue weighted by atomic mass is 10.1. The van der Waals surface area contributed by atoms with Crippen LogP contribution in [-0.4, -0.2) is 10.5 Å². The number of hydrogen-bond acceptors (Lipinski definition) is 3. The molecule has 4 nitrogen and oxygen atoms in total. The number of ether oxygens (including phenoxy) is 1. The highest BCUT2D eigenvalue weighted by atomic mass is 79.9. The van der Waals surface area contributed by atoms with E-state index in [-0.39, 0.29) is 11.3 Å². The number of halogens is 1. The Morgan fingerprint density at radius 2 is 2.06 bits per heavy atom. The molecule has 0 atom stereocenters. The van der Waals surface area contributed by atoms with Crippen molar-refractivity contribution in [3.8, 4) is 0 Å². The van der Waals surface area contributed by atoms with Crippen molar-refractivity contribution >= 4 is 21.6 Å². The summed E-state index contributed by atoms with van der Waals surface area (Å²) in [5.41, 5.74) is 0.613. The van der Waals surface area contributed by atoms with Crippen molar-refractivity contribution in [2.24, 2.45) is 0 Å². The summed E-state index contributed by atoms with van der Waals surface area (Å²) in [7, 11) is 0. The van der Waals surface area contributed by atoms with Crippen molar-refractivity contribution in [2.75, 3.05) is 0 Å². The van der Waals surface area contributed by atoms with Crippen LogP contribution >= 0.6 is 15.9 Å². The van der Waals surface area contributed by atoms with Gasteiger partial charge in [0.05, 0.1) is 21.6 Å². The van der Waals surface area contributed by atoms with Gasteiger partial charge in [-0.25, -0.2) is 0 Å². The Balaban J connectivity index is 2.83. The molecule has 1 aromatic rings. The van der Waals surface area contributed by atoms with Gasteiger partial charge in [0.25, 0.3) is 5.69 Å². The van der Waals surface area contributed by atoms with Gasteiger partial charge in [0.2, 0.25) is 0 Å². The molecule has 0 radical (unpaired) electrons. The van der Waals surface area contributed by atoms with E-state index >= 15 is 0 Å². The first-order chi connectivity index (χ1) is 7.29. The molecule has 16 heavy (non-hydrogen) atoms. The highest BCUT2D eigenvalue weighted by Gasteiger charge is 2.14. The van der Waals surface area contributed by atoms with Crippen molar-refractivity contribution in [2.45, 2.75) is 33.0 Å². The van der Waals surface area contributed by atoms with Gasteiger partial charge in [0.1, 0.15) is 0 Å². The Hall–Kier alpha value is -0.940. The zero-order valence-electron chi connectivity index (χ0n) is 9.49. The van der Waals surface area contributed by atoms with E-state index in [0.717, 1.165) is 5.56 Å². The molecule has 0 heterocycles. The number of nitro groups is 1. The van der Waals surface area contributed by atoms with Crippen LogP contribution in [0.3, 0.4) is 0 Å². The summed E-state index contributed by atoms with van der Waals surface area (Å²) in [4.78, 5) is 10.3.